The van der Waals surface area contributed by atoms with Crippen molar-refractivity contribution in [1.82, 2.24) is 0 Å². The van der Waals surface area contributed by atoms with Crippen LogP contribution >= 0.6 is 22.9 Å². The van der Waals surface area contributed by atoms with Crippen LogP contribution in [0.25, 0.3) is 0 Å². The predicted molar refractivity (Wildman–Crippen MR) is 107 cm³/mol. The average Bonchev–Trinajstić information content (AvgIpc) is 3.06. The van der Waals surface area contributed by atoms with Gasteiger partial charge < -0.3 is 5.32 Å². The minimum absolute atomic E-state index is 0.153. The van der Waals surface area contributed by atoms with Crippen LogP contribution < -0.4 is 5.32 Å². The molecule has 2 heterocycles. The monoisotopic (exact) mass is 417 g/mol. The summed E-state index contributed by atoms with van der Waals surface area (Å²) in [6.45, 7) is 1.85. The number of carbonyl (C=O) groups excluding carboxylic acids is 1. The number of thiophene rings is 1. The summed E-state index contributed by atoms with van der Waals surface area (Å²) >= 11 is 7.33. The lowest BCUT2D eigenvalue weighted by atomic mass is 9.91. The number of aryl methyl sites for hydroxylation is 1. The maximum atomic E-state index is 13.2. The molecule has 1 aliphatic rings. The predicted octanol–water partition coefficient (Wildman–Crippen LogP) is 5.02. The first kappa shape index (κ1) is 18.2. The molecule has 0 spiro atoms. The molecule has 3 aromatic rings. The van der Waals surface area contributed by atoms with Gasteiger partial charge in [-0.1, -0.05) is 35.9 Å². The number of halogens is 1. The van der Waals surface area contributed by atoms with E-state index < -0.39 is 9.84 Å². The van der Waals surface area contributed by atoms with Gasteiger partial charge in [-0.2, -0.15) is 0 Å². The average molecular weight is 418 g/mol. The molecule has 1 atom stereocenters. The summed E-state index contributed by atoms with van der Waals surface area (Å²) < 4.78 is 26.3. The molecule has 138 valence electrons. The van der Waals surface area contributed by atoms with Crippen LogP contribution in [-0.4, -0.2) is 14.3 Å². The highest BCUT2D eigenvalue weighted by Gasteiger charge is 2.34. The standard InChI is InChI=1S/C20H16ClNO3S2/c1-12-3-2-4-15(9-12)27(24,25)17-11-26-20-16(10-18(23)22-19(17)20)13-5-7-14(21)8-6-13/h2-9,11,16H,10H2,1H3,(H,22,23)/t16-/m0/s1. The molecular weight excluding hydrogens is 402 g/mol. The lowest BCUT2D eigenvalue weighted by Crippen LogP contribution is -2.23. The van der Waals surface area contributed by atoms with Crippen molar-refractivity contribution in [2.24, 2.45) is 0 Å². The maximum absolute atomic E-state index is 13.2. The molecular formula is C20H16ClNO3S2. The number of benzene rings is 2. The molecule has 0 unspecified atom stereocenters. The number of fused-ring (bicyclic) bond motifs is 1. The Bertz CT molecular complexity index is 1130. The van der Waals surface area contributed by atoms with Gasteiger partial charge in [0.05, 0.1) is 10.6 Å². The van der Waals surface area contributed by atoms with E-state index in [1.165, 1.54) is 11.3 Å². The Kier molecular flexibility index (Phi) is 4.58. The first-order chi connectivity index (χ1) is 12.9. The molecule has 0 bridgehead atoms. The van der Waals surface area contributed by atoms with Gasteiger partial charge in [-0.3, -0.25) is 4.79 Å². The fourth-order valence-corrected chi connectivity index (χ4v) is 6.41. The number of nitrogens with one attached hydrogen (secondary N) is 1. The van der Waals surface area contributed by atoms with Crippen molar-refractivity contribution in [1.29, 1.82) is 0 Å². The summed E-state index contributed by atoms with van der Waals surface area (Å²) in [4.78, 5) is 13.5. The second-order valence-corrected chi connectivity index (χ2v) is 9.78. The Labute approximate surface area is 166 Å². The van der Waals surface area contributed by atoms with Gasteiger partial charge in [-0.05, 0) is 42.3 Å². The zero-order valence-corrected chi connectivity index (χ0v) is 16.8. The SMILES string of the molecule is Cc1cccc(S(=O)(=O)c2csc3c2NC(=O)C[C@H]3c2ccc(Cl)cc2)c1. The molecule has 27 heavy (non-hydrogen) atoms. The molecule has 0 radical (unpaired) electrons. The third-order valence-corrected chi connectivity index (χ3v) is 7.89. The van der Waals surface area contributed by atoms with E-state index in [0.29, 0.717) is 10.7 Å². The molecule has 0 saturated carbocycles. The van der Waals surface area contributed by atoms with E-state index in [2.05, 4.69) is 5.32 Å². The summed E-state index contributed by atoms with van der Waals surface area (Å²) in [6, 6.07) is 14.1. The zero-order chi connectivity index (χ0) is 19.2. The molecule has 0 aliphatic carbocycles. The number of carbonyl (C=O) groups is 1. The van der Waals surface area contributed by atoms with Crippen molar-refractivity contribution in [3.05, 3.63) is 74.9 Å². The molecule has 4 nitrogen and oxygen atoms in total. The van der Waals surface area contributed by atoms with Crippen LogP contribution in [0.2, 0.25) is 5.02 Å². The smallest absolute Gasteiger partial charge is 0.225 e. The molecule has 1 aliphatic heterocycles. The first-order valence-electron chi connectivity index (χ1n) is 8.35. The van der Waals surface area contributed by atoms with Gasteiger partial charge in [0.15, 0.2) is 0 Å². The molecule has 7 heteroatoms. The van der Waals surface area contributed by atoms with Gasteiger partial charge in [0.25, 0.3) is 0 Å². The van der Waals surface area contributed by atoms with E-state index >= 15 is 0 Å². The van der Waals surface area contributed by atoms with Crippen molar-refractivity contribution < 1.29 is 13.2 Å². The van der Waals surface area contributed by atoms with E-state index in [-0.39, 0.29) is 28.0 Å². The van der Waals surface area contributed by atoms with Gasteiger partial charge in [0.1, 0.15) is 4.90 Å². The van der Waals surface area contributed by atoms with Crippen LogP contribution in [0.1, 0.15) is 28.3 Å². The third-order valence-electron chi connectivity index (χ3n) is 4.62. The quantitative estimate of drug-likeness (QED) is 0.651. The Hall–Kier alpha value is -2.15. The Morgan fingerprint density at radius 2 is 1.89 bits per heavy atom. The highest BCUT2D eigenvalue weighted by atomic mass is 35.5. The summed E-state index contributed by atoms with van der Waals surface area (Å²) in [5, 5.41) is 5.02. The third kappa shape index (κ3) is 3.29. The molecule has 0 saturated heterocycles. The number of hydrogen-bond donors (Lipinski definition) is 1. The number of anilines is 1. The second-order valence-electron chi connectivity index (χ2n) is 6.52. The van der Waals surface area contributed by atoms with E-state index in [4.69, 9.17) is 11.6 Å². The van der Waals surface area contributed by atoms with Gasteiger partial charge in [0, 0.05) is 27.6 Å². The Morgan fingerprint density at radius 3 is 2.59 bits per heavy atom. The lowest BCUT2D eigenvalue weighted by Gasteiger charge is -2.23. The van der Waals surface area contributed by atoms with Gasteiger partial charge >= 0.3 is 0 Å². The van der Waals surface area contributed by atoms with Gasteiger partial charge in [0.2, 0.25) is 15.7 Å². The fraction of sp³-hybridized carbons (Fsp3) is 0.150. The highest BCUT2D eigenvalue weighted by Crippen LogP contribution is 2.45. The van der Waals surface area contributed by atoms with Crippen LogP contribution in [0.3, 0.4) is 0 Å². The van der Waals surface area contributed by atoms with Crippen molar-refractivity contribution in [2.75, 3.05) is 5.32 Å². The fourth-order valence-electron chi connectivity index (χ4n) is 3.28. The van der Waals surface area contributed by atoms with Crippen LogP contribution in [0.15, 0.2) is 63.7 Å². The van der Waals surface area contributed by atoms with Crippen molar-refractivity contribution in [2.45, 2.75) is 29.1 Å². The number of amides is 1. The molecule has 1 amide bonds. The second kappa shape index (κ2) is 6.78. The summed E-state index contributed by atoms with van der Waals surface area (Å²) in [5.74, 6) is -0.376. The summed E-state index contributed by atoms with van der Waals surface area (Å²) in [6.07, 6.45) is 0.277. The molecule has 1 aromatic heterocycles. The minimum Gasteiger partial charge on any atom is -0.324 e. The van der Waals surface area contributed by atoms with E-state index in [1.807, 2.05) is 25.1 Å². The van der Waals surface area contributed by atoms with Crippen LogP contribution in [0.5, 0.6) is 0 Å². The molecule has 0 fully saturated rings. The van der Waals surface area contributed by atoms with Crippen molar-refractivity contribution in [3.63, 3.8) is 0 Å². The van der Waals surface area contributed by atoms with Gasteiger partial charge in [-0.25, -0.2) is 8.42 Å². The maximum Gasteiger partial charge on any atom is 0.225 e. The van der Waals surface area contributed by atoms with Crippen LogP contribution in [-0.2, 0) is 14.6 Å². The van der Waals surface area contributed by atoms with Crippen molar-refractivity contribution in [3.8, 4) is 0 Å². The topological polar surface area (TPSA) is 63.2 Å². The molecule has 4 rings (SSSR count). The summed E-state index contributed by atoms with van der Waals surface area (Å²) in [7, 11) is -3.72. The van der Waals surface area contributed by atoms with Gasteiger partial charge in [-0.15, -0.1) is 11.3 Å². The molecule has 1 N–H and O–H groups in total. The normalized spacial score (nSPS) is 16.7. The molecule has 2 aromatic carbocycles. The Morgan fingerprint density at radius 1 is 1.15 bits per heavy atom. The zero-order valence-electron chi connectivity index (χ0n) is 14.4. The Balaban J connectivity index is 1.83. The van der Waals surface area contributed by atoms with E-state index in [9.17, 15) is 13.2 Å². The first-order valence-corrected chi connectivity index (χ1v) is 11.1. The summed E-state index contributed by atoms with van der Waals surface area (Å²) in [5.41, 5.74) is 2.21. The van der Waals surface area contributed by atoms with Crippen LogP contribution in [0.4, 0.5) is 5.69 Å². The highest BCUT2D eigenvalue weighted by molar-refractivity contribution is 7.91. The largest absolute Gasteiger partial charge is 0.324 e. The van der Waals surface area contributed by atoms with E-state index in [1.54, 1.807) is 35.7 Å². The number of hydrogen-bond acceptors (Lipinski definition) is 4. The lowest BCUT2D eigenvalue weighted by molar-refractivity contribution is -0.116. The van der Waals surface area contributed by atoms with E-state index in [0.717, 1.165) is 16.0 Å². The van der Waals surface area contributed by atoms with Crippen LogP contribution in [0, 0.1) is 6.92 Å². The number of rotatable bonds is 3. The number of sulfone groups is 1. The minimum atomic E-state index is -3.72. The van der Waals surface area contributed by atoms with Crippen molar-refractivity contribution >= 4 is 44.4 Å².